The molecule has 3 aliphatic carbocycles. The Morgan fingerprint density at radius 2 is 1.94 bits per heavy atom. The summed E-state index contributed by atoms with van der Waals surface area (Å²) in [5.74, 6) is 3.81. The van der Waals surface area contributed by atoms with Crippen molar-refractivity contribution >= 4 is 5.91 Å². The Balaban J connectivity index is 1.56. The Bertz CT molecular complexity index is 370. The third-order valence-corrected chi connectivity index (χ3v) is 6.07. The highest BCUT2D eigenvalue weighted by molar-refractivity contribution is 5.82. The van der Waals surface area contributed by atoms with E-state index in [2.05, 4.69) is 10.2 Å². The van der Waals surface area contributed by atoms with Gasteiger partial charge in [-0.15, -0.1) is 0 Å². The fraction of sp³-hybridized carbons (Fsp3) is 0.933. The van der Waals surface area contributed by atoms with Crippen molar-refractivity contribution in [1.29, 1.82) is 0 Å². The number of hydrogen-bond donors (Lipinski definition) is 1. The third-order valence-electron chi connectivity index (χ3n) is 6.07. The first-order chi connectivity index (χ1) is 8.76. The molecule has 0 radical (unpaired) electrons. The lowest BCUT2D eigenvalue weighted by molar-refractivity contribution is -0.136. The minimum Gasteiger partial charge on any atom is -0.338 e. The van der Waals surface area contributed by atoms with E-state index in [0.29, 0.717) is 11.9 Å². The predicted octanol–water partition coefficient (Wildman–Crippen LogP) is 1.63. The Morgan fingerprint density at radius 1 is 1.06 bits per heavy atom. The van der Waals surface area contributed by atoms with Gasteiger partial charge in [0.1, 0.15) is 0 Å². The zero-order valence-electron chi connectivity index (χ0n) is 11.3. The van der Waals surface area contributed by atoms with E-state index in [0.717, 1.165) is 36.6 Å². The van der Waals surface area contributed by atoms with Crippen LogP contribution in [-0.4, -0.2) is 36.5 Å². The van der Waals surface area contributed by atoms with Crippen LogP contribution >= 0.6 is 0 Å². The highest BCUT2D eigenvalue weighted by atomic mass is 16.2. The summed E-state index contributed by atoms with van der Waals surface area (Å²) in [7, 11) is 1.95. The van der Waals surface area contributed by atoms with Crippen molar-refractivity contribution in [3.8, 4) is 0 Å². The van der Waals surface area contributed by atoms with Crippen LogP contribution in [0, 0.1) is 23.7 Å². The predicted molar refractivity (Wildman–Crippen MR) is 70.0 cm³/mol. The van der Waals surface area contributed by atoms with Gasteiger partial charge in [-0.1, -0.05) is 6.42 Å². The van der Waals surface area contributed by atoms with E-state index in [-0.39, 0.29) is 6.04 Å². The van der Waals surface area contributed by atoms with Gasteiger partial charge in [-0.3, -0.25) is 4.79 Å². The van der Waals surface area contributed by atoms with E-state index in [1.165, 1.54) is 32.1 Å². The lowest BCUT2D eigenvalue weighted by Crippen LogP contribution is -2.50. The van der Waals surface area contributed by atoms with E-state index in [1.54, 1.807) is 0 Å². The van der Waals surface area contributed by atoms with Crippen molar-refractivity contribution in [1.82, 2.24) is 10.2 Å². The second-order valence-corrected chi connectivity index (χ2v) is 7.07. The Hall–Kier alpha value is -0.570. The lowest BCUT2D eigenvalue weighted by Gasteiger charge is -2.36. The smallest absolute Gasteiger partial charge is 0.239 e. The number of hydrogen-bond acceptors (Lipinski definition) is 2. The highest BCUT2D eigenvalue weighted by Crippen LogP contribution is 2.50. The number of carbonyl (C=O) groups is 1. The molecular weight excluding hydrogens is 224 g/mol. The number of nitrogens with one attached hydrogen (secondary N) is 1. The highest BCUT2D eigenvalue weighted by Gasteiger charge is 2.50. The summed E-state index contributed by atoms with van der Waals surface area (Å²) in [4.78, 5) is 15.0. The molecule has 3 heteroatoms. The average molecular weight is 248 g/mol. The molecule has 1 saturated heterocycles. The number of rotatable bonds is 2. The van der Waals surface area contributed by atoms with Crippen LogP contribution in [0.5, 0.6) is 0 Å². The number of likely N-dealkylation sites (tertiary alicyclic amines) is 1. The summed E-state index contributed by atoms with van der Waals surface area (Å²) in [5, 5.41) is 3.26. The molecule has 0 aromatic carbocycles. The van der Waals surface area contributed by atoms with Crippen molar-refractivity contribution in [2.24, 2.45) is 23.7 Å². The molecule has 6 atom stereocenters. The van der Waals surface area contributed by atoms with Crippen molar-refractivity contribution in [3.05, 3.63) is 0 Å². The molecule has 1 aliphatic heterocycles. The summed E-state index contributed by atoms with van der Waals surface area (Å²) < 4.78 is 0. The van der Waals surface area contributed by atoms with Gasteiger partial charge in [0.2, 0.25) is 5.91 Å². The van der Waals surface area contributed by atoms with Crippen LogP contribution in [0.3, 0.4) is 0 Å². The Labute approximate surface area is 109 Å². The van der Waals surface area contributed by atoms with Crippen molar-refractivity contribution in [2.75, 3.05) is 13.6 Å². The molecule has 0 aromatic rings. The first kappa shape index (κ1) is 11.3. The van der Waals surface area contributed by atoms with Gasteiger partial charge in [-0.25, -0.2) is 0 Å². The summed E-state index contributed by atoms with van der Waals surface area (Å²) in [5.41, 5.74) is 0. The molecule has 0 aromatic heterocycles. The lowest BCUT2D eigenvalue weighted by atomic mass is 9.93. The maximum Gasteiger partial charge on any atom is 0.239 e. The minimum absolute atomic E-state index is 0.0987. The van der Waals surface area contributed by atoms with Crippen LogP contribution in [0.2, 0.25) is 0 Å². The Kier molecular flexibility index (Phi) is 2.48. The Morgan fingerprint density at radius 3 is 2.61 bits per heavy atom. The van der Waals surface area contributed by atoms with Gasteiger partial charge in [0.25, 0.3) is 0 Å². The van der Waals surface area contributed by atoms with Crippen LogP contribution in [0.15, 0.2) is 0 Å². The number of fused-ring (bicyclic) bond motifs is 3. The van der Waals surface area contributed by atoms with E-state index in [9.17, 15) is 4.79 Å². The summed E-state index contributed by atoms with van der Waals surface area (Å²) in [6.07, 6.45) is 7.93. The standard InChI is InChI=1S/C15H24N2O/c1-16-13-7-11-6-12(11)8-17(15(13)18)14-5-9-2-3-10(14)4-9/h9-14,16H,2-8H2,1H3. The molecule has 1 heterocycles. The molecule has 4 rings (SSSR count). The van der Waals surface area contributed by atoms with E-state index in [1.807, 2.05) is 7.05 Å². The first-order valence-corrected chi connectivity index (χ1v) is 7.74. The van der Waals surface area contributed by atoms with Gasteiger partial charge < -0.3 is 10.2 Å². The normalized spacial score (nSPS) is 50.3. The zero-order valence-corrected chi connectivity index (χ0v) is 11.3. The van der Waals surface area contributed by atoms with E-state index in [4.69, 9.17) is 0 Å². The molecule has 4 fully saturated rings. The number of nitrogens with zero attached hydrogens (tertiary/aromatic N) is 1. The number of carbonyl (C=O) groups excluding carboxylic acids is 1. The molecule has 6 unspecified atom stereocenters. The summed E-state index contributed by atoms with van der Waals surface area (Å²) in [6, 6.07) is 0.688. The van der Waals surface area contributed by atoms with Crippen LogP contribution < -0.4 is 5.32 Å². The zero-order chi connectivity index (χ0) is 12.3. The molecule has 100 valence electrons. The van der Waals surface area contributed by atoms with Gasteiger partial charge in [0.15, 0.2) is 0 Å². The van der Waals surface area contributed by atoms with Gasteiger partial charge in [-0.05, 0) is 62.8 Å². The summed E-state index contributed by atoms with van der Waals surface area (Å²) >= 11 is 0. The topological polar surface area (TPSA) is 32.3 Å². The minimum atomic E-state index is 0.0987. The van der Waals surface area contributed by atoms with E-state index < -0.39 is 0 Å². The van der Waals surface area contributed by atoms with E-state index >= 15 is 0 Å². The van der Waals surface area contributed by atoms with Crippen molar-refractivity contribution in [3.63, 3.8) is 0 Å². The van der Waals surface area contributed by atoms with Gasteiger partial charge in [-0.2, -0.15) is 0 Å². The van der Waals surface area contributed by atoms with Gasteiger partial charge in [0, 0.05) is 12.6 Å². The summed E-state index contributed by atoms with van der Waals surface area (Å²) in [6.45, 7) is 1.07. The van der Waals surface area contributed by atoms with Crippen LogP contribution in [0.4, 0.5) is 0 Å². The van der Waals surface area contributed by atoms with Crippen molar-refractivity contribution < 1.29 is 4.79 Å². The molecule has 1 amide bonds. The largest absolute Gasteiger partial charge is 0.338 e. The molecule has 1 N–H and O–H groups in total. The molecule has 18 heavy (non-hydrogen) atoms. The maximum atomic E-state index is 12.7. The average Bonchev–Trinajstić information content (AvgIpc) is 2.80. The first-order valence-electron chi connectivity index (χ1n) is 7.74. The monoisotopic (exact) mass is 248 g/mol. The van der Waals surface area contributed by atoms with Crippen molar-refractivity contribution in [2.45, 2.75) is 50.6 Å². The fourth-order valence-electron chi connectivity index (χ4n) is 4.90. The van der Waals surface area contributed by atoms with Crippen LogP contribution in [0.25, 0.3) is 0 Å². The molecule has 3 saturated carbocycles. The molecule has 2 bridgehead atoms. The molecule has 0 spiro atoms. The van der Waals surface area contributed by atoms with Crippen LogP contribution in [-0.2, 0) is 4.79 Å². The number of amides is 1. The quantitative estimate of drug-likeness (QED) is 0.805. The maximum absolute atomic E-state index is 12.7. The van der Waals surface area contributed by atoms with Crippen LogP contribution in [0.1, 0.15) is 38.5 Å². The molecule has 4 aliphatic rings. The van der Waals surface area contributed by atoms with Gasteiger partial charge >= 0.3 is 0 Å². The molecular formula is C15H24N2O. The number of likely N-dealkylation sites (N-methyl/N-ethyl adjacent to an activating group) is 1. The fourth-order valence-corrected chi connectivity index (χ4v) is 4.90. The van der Waals surface area contributed by atoms with Gasteiger partial charge in [0.05, 0.1) is 6.04 Å². The second kappa shape index (κ2) is 3.96. The third kappa shape index (κ3) is 1.63. The molecule has 3 nitrogen and oxygen atoms in total. The second-order valence-electron chi connectivity index (χ2n) is 7.07. The SMILES string of the molecule is CNC1CC2CC2CN(C2CC3CCC2C3)C1=O.